The van der Waals surface area contributed by atoms with Crippen molar-refractivity contribution in [1.82, 2.24) is 19.9 Å². The highest BCUT2D eigenvalue weighted by molar-refractivity contribution is 6.06. The smallest absolute Gasteiger partial charge is 0.265 e. The first kappa shape index (κ1) is 18.4. The molecule has 0 saturated carbocycles. The van der Waals surface area contributed by atoms with Gasteiger partial charge >= 0.3 is 0 Å². The molecule has 0 radical (unpaired) electrons. The second-order valence-corrected chi connectivity index (χ2v) is 6.47. The van der Waals surface area contributed by atoms with E-state index in [4.69, 9.17) is 9.15 Å². The summed E-state index contributed by atoms with van der Waals surface area (Å²) in [5.74, 6) is 1.03. The van der Waals surface area contributed by atoms with Crippen molar-refractivity contribution >= 4 is 17.0 Å². The third-order valence-corrected chi connectivity index (χ3v) is 4.39. The minimum absolute atomic E-state index is 0.151. The van der Waals surface area contributed by atoms with Gasteiger partial charge in [0.15, 0.2) is 0 Å². The SMILES string of the molecule is Cc1oc2ncn(C)c(=O)c2c1C(=O)NCc1ccnc(Oc2ccccc2)c1. The molecule has 3 heterocycles. The summed E-state index contributed by atoms with van der Waals surface area (Å²) in [6.45, 7) is 1.87. The Labute approximate surface area is 165 Å². The molecular weight excluding hydrogens is 372 g/mol. The molecule has 4 aromatic rings. The van der Waals surface area contributed by atoms with Crippen molar-refractivity contribution in [3.8, 4) is 11.6 Å². The molecule has 1 aromatic carbocycles. The van der Waals surface area contributed by atoms with E-state index in [1.165, 1.54) is 10.9 Å². The van der Waals surface area contributed by atoms with Crippen LogP contribution in [0.2, 0.25) is 0 Å². The van der Waals surface area contributed by atoms with Crippen LogP contribution in [-0.2, 0) is 13.6 Å². The summed E-state index contributed by atoms with van der Waals surface area (Å²) < 4.78 is 12.5. The lowest BCUT2D eigenvalue weighted by Gasteiger charge is -2.08. The molecule has 0 aliphatic rings. The molecule has 4 rings (SSSR count). The van der Waals surface area contributed by atoms with Crippen LogP contribution in [0, 0.1) is 6.92 Å². The number of carbonyl (C=O) groups is 1. The van der Waals surface area contributed by atoms with E-state index in [2.05, 4.69) is 15.3 Å². The van der Waals surface area contributed by atoms with Gasteiger partial charge in [0.2, 0.25) is 11.6 Å². The molecule has 146 valence electrons. The topological polar surface area (TPSA) is 99.2 Å². The van der Waals surface area contributed by atoms with Gasteiger partial charge in [0.1, 0.15) is 23.2 Å². The molecule has 0 aliphatic carbocycles. The van der Waals surface area contributed by atoms with E-state index in [0.29, 0.717) is 17.4 Å². The Morgan fingerprint density at radius 2 is 2.00 bits per heavy atom. The van der Waals surface area contributed by atoms with Crippen LogP contribution in [-0.4, -0.2) is 20.4 Å². The molecule has 3 aromatic heterocycles. The first-order valence-corrected chi connectivity index (χ1v) is 8.93. The second kappa shape index (κ2) is 7.59. The summed E-state index contributed by atoms with van der Waals surface area (Å²) in [6, 6.07) is 12.8. The van der Waals surface area contributed by atoms with E-state index < -0.39 is 5.91 Å². The maximum atomic E-state index is 12.8. The lowest BCUT2D eigenvalue weighted by molar-refractivity contribution is 0.0950. The Morgan fingerprint density at radius 1 is 1.21 bits per heavy atom. The Morgan fingerprint density at radius 3 is 2.79 bits per heavy atom. The lowest BCUT2D eigenvalue weighted by atomic mass is 10.1. The van der Waals surface area contributed by atoms with Crippen molar-refractivity contribution in [3.63, 3.8) is 0 Å². The van der Waals surface area contributed by atoms with Gasteiger partial charge in [-0.05, 0) is 30.7 Å². The molecular formula is C21H18N4O4. The van der Waals surface area contributed by atoms with Gasteiger partial charge in [0.05, 0.1) is 5.56 Å². The van der Waals surface area contributed by atoms with E-state index >= 15 is 0 Å². The van der Waals surface area contributed by atoms with Crippen LogP contribution in [0.25, 0.3) is 11.1 Å². The number of pyridine rings is 1. The number of hydrogen-bond donors (Lipinski definition) is 1. The van der Waals surface area contributed by atoms with Crippen LogP contribution in [0.1, 0.15) is 21.7 Å². The summed E-state index contributed by atoms with van der Waals surface area (Å²) in [6.07, 6.45) is 2.97. The number of carbonyl (C=O) groups excluding carboxylic acids is 1. The Bertz CT molecular complexity index is 1240. The van der Waals surface area contributed by atoms with Crippen molar-refractivity contribution in [2.75, 3.05) is 0 Å². The predicted molar refractivity (Wildman–Crippen MR) is 106 cm³/mol. The molecule has 29 heavy (non-hydrogen) atoms. The number of benzene rings is 1. The number of rotatable bonds is 5. The van der Waals surface area contributed by atoms with Gasteiger partial charge in [-0.15, -0.1) is 0 Å². The molecule has 1 N–H and O–H groups in total. The Kier molecular flexibility index (Phi) is 4.82. The number of nitrogens with one attached hydrogen (secondary N) is 1. The summed E-state index contributed by atoms with van der Waals surface area (Å²) in [4.78, 5) is 33.4. The van der Waals surface area contributed by atoms with Gasteiger partial charge in [-0.3, -0.25) is 9.59 Å². The zero-order valence-electron chi connectivity index (χ0n) is 15.9. The van der Waals surface area contributed by atoms with E-state index in [-0.39, 0.29) is 28.8 Å². The molecule has 0 atom stereocenters. The number of amides is 1. The first-order chi connectivity index (χ1) is 14.0. The summed E-state index contributed by atoms with van der Waals surface area (Å²) >= 11 is 0. The fourth-order valence-electron chi connectivity index (χ4n) is 2.96. The van der Waals surface area contributed by atoms with E-state index in [0.717, 1.165) is 5.56 Å². The summed E-state index contributed by atoms with van der Waals surface area (Å²) in [5.41, 5.74) is 0.817. The van der Waals surface area contributed by atoms with Gasteiger partial charge in [0, 0.05) is 25.9 Å². The standard InChI is InChI=1S/C21H18N4O4/c1-13-17(18-20(28-13)24-12-25(2)21(18)27)19(26)23-11-14-8-9-22-16(10-14)29-15-6-4-3-5-7-15/h3-10,12H,11H2,1-2H3,(H,23,26). The van der Waals surface area contributed by atoms with Crippen molar-refractivity contribution < 1.29 is 13.9 Å². The van der Waals surface area contributed by atoms with E-state index in [1.54, 1.807) is 32.3 Å². The maximum absolute atomic E-state index is 12.8. The number of fused-ring (bicyclic) bond motifs is 1. The predicted octanol–water partition coefficient (Wildman–Crippen LogP) is 2.95. The quantitative estimate of drug-likeness (QED) is 0.562. The minimum Gasteiger partial charge on any atom is -0.442 e. The largest absolute Gasteiger partial charge is 0.442 e. The highest BCUT2D eigenvalue weighted by atomic mass is 16.5. The molecule has 0 unspecified atom stereocenters. The van der Waals surface area contributed by atoms with Gasteiger partial charge in [-0.25, -0.2) is 9.97 Å². The van der Waals surface area contributed by atoms with Crippen molar-refractivity contribution in [2.45, 2.75) is 13.5 Å². The third kappa shape index (κ3) is 3.73. The normalized spacial score (nSPS) is 10.8. The Hall–Kier alpha value is -3.94. The first-order valence-electron chi connectivity index (χ1n) is 8.93. The monoisotopic (exact) mass is 390 g/mol. The number of nitrogens with zero attached hydrogens (tertiary/aromatic N) is 3. The van der Waals surface area contributed by atoms with Crippen LogP contribution in [0.5, 0.6) is 11.6 Å². The minimum atomic E-state index is -0.409. The number of hydrogen-bond acceptors (Lipinski definition) is 6. The van der Waals surface area contributed by atoms with Gasteiger partial charge in [-0.1, -0.05) is 18.2 Å². The van der Waals surface area contributed by atoms with Crippen molar-refractivity contribution in [1.29, 1.82) is 0 Å². The van der Waals surface area contributed by atoms with Crippen LogP contribution in [0.15, 0.2) is 64.2 Å². The highest BCUT2D eigenvalue weighted by Gasteiger charge is 2.22. The fourth-order valence-corrected chi connectivity index (χ4v) is 2.96. The summed E-state index contributed by atoms with van der Waals surface area (Å²) in [7, 11) is 1.57. The molecule has 0 spiro atoms. The zero-order chi connectivity index (χ0) is 20.4. The number of aromatic nitrogens is 3. The van der Waals surface area contributed by atoms with E-state index in [1.807, 2.05) is 30.3 Å². The number of ether oxygens (including phenoxy) is 1. The molecule has 8 nitrogen and oxygen atoms in total. The lowest BCUT2D eigenvalue weighted by Crippen LogP contribution is -2.26. The van der Waals surface area contributed by atoms with Gasteiger partial charge < -0.3 is 19.0 Å². The molecule has 0 fully saturated rings. The average Bonchev–Trinajstić information content (AvgIpc) is 3.07. The number of aryl methyl sites for hydroxylation is 2. The molecule has 0 aliphatic heterocycles. The van der Waals surface area contributed by atoms with Crippen LogP contribution >= 0.6 is 0 Å². The van der Waals surface area contributed by atoms with Gasteiger partial charge in [-0.2, -0.15) is 0 Å². The van der Waals surface area contributed by atoms with E-state index in [9.17, 15) is 9.59 Å². The third-order valence-electron chi connectivity index (χ3n) is 4.39. The molecule has 1 amide bonds. The zero-order valence-corrected chi connectivity index (χ0v) is 15.9. The second-order valence-electron chi connectivity index (χ2n) is 6.47. The van der Waals surface area contributed by atoms with Crippen molar-refractivity contribution in [2.24, 2.45) is 7.05 Å². The molecule has 0 bridgehead atoms. The van der Waals surface area contributed by atoms with Gasteiger partial charge in [0.25, 0.3) is 11.5 Å². The molecule has 0 saturated heterocycles. The average molecular weight is 390 g/mol. The maximum Gasteiger partial charge on any atom is 0.265 e. The summed E-state index contributed by atoms with van der Waals surface area (Å²) in [5, 5.41) is 2.99. The van der Waals surface area contributed by atoms with Crippen LogP contribution in [0.3, 0.4) is 0 Å². The molecule has 8 heteroatoms. The van der Waals surface area contributed by atoms with Crippen LogP contribution in [0.4, 0.5) is 0 Å². The highest BCUT2D eigenvalue weighted by Crippen LogP contribution is 2.22. The number of para-hydroxylation sites is 1. The number of furan rings is 1. The Balaban J connectivity index is 1.53. The van der Waals surface area contributed by atoms with Crippen molar-refractivity contribution in [3.05, 3.63) is 82.2 Å². The fraction of sp³-hybridized carbons (Fsp3) is 0.143. The van der Waals surface area contributed by atoms with Crippen LogP contribution < -0.4 is 15.6 Å².